The lowest BCUT2D eigenvalue weighted by molar-refractivity contribution is 0.530. The molecule has 0 saturated carbocycles. The number of tetrazole rings is 1. The van der Waals surface area contributed by atoms with E-state index in [4.69, 9.17) is 0 Å². The predicted octanol–water partition coefficient (Wildman–Crippen LogP) is 2.34. The van der Waals surface area contributed by atoms with E-state index in [1.807, 2.05) is 11.7 Å². The van der Waals surface area contributed by atoms with Crippen LogP contribution in [0, 0.1) is 0 Å². The molecule has 1 heterocycles. The van der Waals surface area contributed by atoms with E-state index in [0.29, 0.717) is 0 Å². The summed E-state index contributed by atoms with van der Waals surface area (Å²) >= 11 is 1.67. The fraction of sp³-hybridized carbons (Fsp3) is 0.267. The van der Waals surface area contributed by atoms with Crippen molar-refractivity contribution in [2.75, 3.05) is 13.6 Å². The average molecular weight is 299 g/mol. The molecule has 5 nitrogen and oxygen atoms in total. The van der Waals surface area contributed by atoms with E-state index in [0.717, 1.165) is 24.0 Å². The molecule has 0 aliphatic rings. The summed E-state index contributed by atoms with van der Waals surface area (Å²) in [5.74, 6) is 0.862. The van der Waals surface area contributed by atoms with Crippen molar-refractivity contribution in [2.24, 2.45) is 0 Å². The summed E-state index contributed by atoms with van der Waals surface area (Å²) < 4.78 is 1.84. The van der Waals surface area contributed by atoms with Gasteiger partial charge in [0.05, 0.1) is 6.54 Å². The number of benzene rings is 2. The Morgan fingerprint density at radius 1 is 1.14 bits per heavy atom. The number of nitrogens with zero attached hydrogens (tertiary/aromatic N) is 4. The molecule has 0 saturated heterocycles. The first-order valence-corrected chi connectivity index (χ1v) is 7.87. The normalized spacial score (nSPS) is 11.1. The fourth-order valence-corrected chi connectivity index (χ4v) is 3.13. The summed E-state index contributed by atoms with van der Waals surface area (Å²) in [6.07, 6.45) is 0. The molecule has 0 fully saturated rings. The zero-order valence-electron chi connectivity index (χ0n) is 11.9. The van der Waals surface area contributed by atoms with Crippen LogP contribution < -0.4 is 5.32 Å². The van der Waals surface area contributed by atoms with Crippen LogP contribution in [0.5, 0.6) is 0 Å². The molecule has 0 atom stereocenters. The molecule has 3 rings (SSSR count). The first-order chi connectivity index (χ1) is 10.4. The van der Waals surface area contributed by atoms with Gasteiger partial charge in [-0.15, -0.1) is 5.10 Å². The van der Waals surface area contributed by atoms with Crippen molar-refractivity contribution in [1.29, 1.82) is 0 Å². The summed E-state index contributed by atoms with van der Waals surface area (Å²) in [6.45, 7) is 1.63. The van der Waals surface area contributed by atoms with E-state index in [9.17, 15) is 0 Å². The molecule has 0 bridgehead atoms. The third kappa shape index (κ3) is 3.22. The van der Waals surface area contributed by atoms with Gasteiger partial charge in [0, 0.05) is 12.3 Å². The molecule has 6 heteroatoms. The number of thioether (sulfide) groups is 1. The molecule has 0 aliphatic carbocycles. The highest BCUT2D eigenvalue weighted by Crippen LogP contribution is 2.25. The van der Waals surface area contributed by atoms with Gasteiger partial charge in [-0.3, -0.25) is 0 Å². The van der Waals surface area contributed by atoms with Gasteiger partial charge in [-0.05, 0) is 33.8 Å². The number of fused-ring (bicyclic) bond motifs is 1. The Labute approximate surface area is 127 Å². The Morgan fingerprint density at radius 3 is 2.90 bits per heavy atom. The molecule has 3 aromatic rings. The molecule has 108 valence electrons. The van der Waals surface area contributed by atoms with Crippen LogP contribution >= 0.6 is 11.8 Å². The van der Waals surface area contributed by atoms with Gasteiger partial charge in [0.1, 0.15) is 0 Å². The van der Waals surface area contributed by atoms with Crippen LogP contribution in [-0.4, -0.2) is 33.8 Å². The van der Waals surface area contributed by atoms with Gasteiger partial charge < -0.3 is 5.32 Å². The second kappa shape index (κ2) is 6.69. The highest BCUT2D eigenvalue weighted by molar-refractivity contribution is 7.98. The highest BCUT2D eigenvalue weighted by atomic mass is 32.2. The van der Waals surface area contributed by atoms with Crippen LogP contribution in [0.25, 0.3) is 10.8 Å². The zero-order chi connectivity index (χ0) is 14.5. The van der Waals surface area contributed by atoms with E-state index in [-0.39, 0.29) is 0 Å². The van der Waals surface area contributed by atoms with Crippen molar-refractivity contribution < 1.29 is 0 Å². The van der Waals surface area contributed by atoms with Crippen LogP contribution in [0.4, 0.5) is 0 Å². The SMILES string of the molecule is CNCCn1nnnc1SCc1cccc2ccccc12. The predicted molar refractivity (Wildman–Crippen MR) is 85.3 cm³/mol. The minimum Gasteiger partial charge on any atom is -0.318 e. The van der Waals surface area contributed by atoms with Gasteiger partial charge in [-0.2, -0.15) is 0 Å². The average Bonchev–Trinajstić information content (AvgIpc) is 2.98. The number of rotatable bonds is 6. The Kier molecular flexibility index (Phi) is 4.47. The number of hydrogen-bond donors (Lipinski definition) is 1. The minimum atomic E-state index is 0.779. The van der Waals surface area contributed by atoms with Crippen LogP contribution in [0.15, 0.2) is 47.6 Å². The standard InChI is InChI=1S/C15H17N5S/c1-16-9-10-20-15(17-18-19-20)21-11-13-7-4-6-12-5-2-3-8-14(12)13/h2-8,16H,9-11H2,1H3. The summed E-state index contributed by atoms with van der Waals surface area (Å²) in [6, 6.07) is 14.8. The molecule has 1 N–H and O–H groups in total. The van der Waals surface area contributed by atoms with E-state index in [2.05, 4.69) is 63.3 Å². The van der Waals surface area contributed by atoms with Crippen molar-refractivity contribution in [2.45, 2.75) is 17.5 Å². The van der Waals surface area contributed by atoms with Gasteiger partial charge >= 0.3 is 0 Å². The van der Waals surface area contributed by atoms with Crippen LogP contribution in [0.1, 0.15) is 5.56 Å². The maximum absolute atomic E-state index is 4.10. The first-order valence-electron chi connectivity index (χ1n) is 6.88. The topological polar surface area (TPSA) is 55.6 Å². The zero-order valence-corrected chi connectivity index (χ0v) is 12.7. The summed E-state index contributed by atoms with van der Waals surface area (Å²) in [5.41, 5.74) is 1.31. The molecule has 21 heavy (non-hydrogen) atoms. The van der Waals surface area contributed by atoms with Crippen LogP contribution in [0.2, 0.25) is 0 Å². The van der Waals surface area contributed by atoms with Gasteiger partial charge in [0.25, 0.3) is 0 Å². The second-order valence-corrected chi connectivity index (χ2v) is 5.66. The second-order valence-electron chi connectivity index (χ2n) is 4.72. The van der Waals surface area contributed by atoms with E-state index in [1.165, 1.54) is 16.3 Å². The molecule has 0 spiro atoms. The Hall–Kier alpha value is -1.92. The lowest BCUT2D eigenvalue weighted by Gasteiger charge is -2.06. The number of hydrogen-bond acceptors (Lipinski definition) is 5. The largest absolute Gasteiger partial charge is 0.318 e. The summed E-state index contributed by atoms with van der Waals surface area (Å²) in [4.78, 5) is 0. The van der Waals surface area contributed by atoms with E-state index >= 15 is 0 Å². The maximum Gasteiger partial charge on any atom is 0.209 e. The van der Waals surface area contributed by atoms with E-state index in [1.54, 1.807) is 11.8 Å². The third-order valence-corrected chi connectivity index (χ3v) is 4.32. The quantitative estimate of drug-likeness (QED) is 0.708. The molecule has 2 aromatic carbocycles. The lowest BCUT2D eigenvalue weighted by atomic mass is 10.1. The van der Waals surface area contributed by atoms with Crippen molar-refractivity contribution in [3.05, 3.63) is 48.0 Å². The molecule has 0 radical (unpaired) electrons. The first kappa shape index (κ1) is 14.0. The number of likely N-dealkylation sites (N-methyl/N-ethyl adjacent to an activating group) is 1. The number of aromatic nitrogens is 4. The Bertz CT molecular complexity index is 719. The molecule has 0 amide bonds. The van der Waals surface area contributed by atoms with Crippen molar-refractivity contribution >= 4 is 22.5 Å². The highest BCUT2D eigenvalue weighted by Gasteiger charge is 2.08. The monoisotopic (exact) mass is 299 g/mol. The summed E-state index contributed by atoms with van der Waals surface area (Å²) in [5, 5.41) is 18.4. The molecule has 0 aliphatic heterocycles. The smallest absolute Gasteiger partial charge is 0.209 e. The molecule has 0 unspecified atom stereocenters. The van der Waals surface area contributed by atoms with Crippen molar-refractivity contribution in [3.8, 4) is 0 Å². The van der Waals surface area contributed by atoms with Crippen molar-refractivity contribution in [3.63, 3.8) is 0 Å². The molecular formula is C15H17N5S. The van der Waals surface area contributed by atoms with Gasteiger partial charge in [-0.1, -0.05) is 54.2 Å². The van der Waals surface area contributed by atoms with Crippen LogP contribution in [-0.2, 0) is 12.3 Å². The van der Waals surface area contributed by atoms with E-state index < -0.39 is 0 Å². The van der Waals surface area contributed by atoms with Crippen molar-refractivity contribution in [1.82, 2.24) is 25.5 Å². The number of nitrogens with one attached hydrogen (secondary N) is 1. The Balaban J connectivity index is 1.76. The molecular weight excluding hydrogens is 282 g/mol. The fourth-order valence-electron chi connectivity index (χ4n) is 2.22. The third-order valence-electron chi connectivity index (χ3n) is 3.31. The minimum absolute atomic E-state index is 0.779. The molecule has 1 aromatic heterocycles. The van der Waals surface area contributed by atoms with Gasteiger partial charge in [0.15, 0.2) is 0 Å². The maximum atomic E-state index is 4.10. The summed E-state index contributed by atoms with van der Waals surface area (Å²) in [7, 11) is 1.92. The van der Waals surface area contributed by atoms with Gasteiger partial charge in [0.2, 0.25) is 5.16 Å². The van der Waals surface area contributed by atoms with Crippen LogP contribution in [0.3, 0.4) is 0 Å². The Morgan fingerprint density at radius 2 is 2.00 bits per heavy atom. The van der Waals surface area contributed by atoms with Gasteiger partial charge in [-0.25, -0.2) is 4.68 Å². The lowest BCUT2D eigenvalue weighted by Crippen LogP contribution is -2.16.